The fraction of sp³-hybridized carbons (Fsp3) is 0.235. The molecule has 1 N–H and O–H groups in total. The van der Waals surface area contributed by atoms with Crippen molar-refractivity contribution in [2.24, 2.45) is 0 Å². The van der Waals surface area contributed by atoms with Gasteiger partial charge in [-0.15, -0.1) is 10.2 Å². The number of amides is 1. The normalized spacial score (nSPS) is 12.2. The molecule has 0 spiro atoms. The standard InChI is InChI=1S/C17H17BrN4OS/c1-24-10-8-14(16-21-20-15-7-2-3-9-22(15)16)19-17(23)12-5-4-6-13(18)11-12/h2-7,9,11,14H,8,10H2,1H3,(H,19,23)/t14-/m1/s1. The number of hydrogen-bond donors (Lipinski definition) is 1. The number of nitrogens with one attached hydrogen (secondary N) is 1. The SMILES string of the molecule is CSCC[C@@H](NC(=O)c1cccc(Br)c1)c1nnc2ccccn12. The largest absolute Gasteiger partial charge is 0.342 e. The lowest BCUT2D eigenvalue weighted by Gasteiger charge is -2.17. The highest BCUT2D eigenvalue weighted by atomic mass is 79.9. The number of pyridine rings is 1. The zero-order chi connectivity index (χ0) is 16.9. The predicted molar refractivity (Wildman–Crippen MR) is 100 cm³/mol. The van der Waals surface area contributed by atoms with Crippen molar-refractivity contribution in [2.45, 2.75) is 12.5 Å². The molecular formula is C17H17BrN4OS. The summed E-state index contributed by atoms with van der Waals surface area (Å²) >= 11 is 5.14. The van der Waals surface area contributed by atoms with Gasteiger partial charge in [-0.05, 0) is 48.8 Å². The van der Waals surface area contributed by atoms with Gasteiger partial charge in [-0.2, -0.15) is 11.8 Å². The highest BCUT2D eigenvalue weighted by molar-refractivity contribution is 9.10. The van der Waals surface area contributed by atoms with Crippen LogP contribution in [0.4, 0.5) is 0 Å². The maximum atomic E-state index is 12.6. The number of nitrogens with zero attached hydrogens (tertiary/aromatic N) is 3. The first-order valence-electron chi connectivity index (χ1n) is 7.54. The molecule has 1 amide bonds. The van der Waals surface area contributed by atoms with Crippen LogP contribution in [0.1, 0.15) is 28.6 Å². The van der Waals surface area contributed by atoms with Gasteiger partial charge in [0.15, 0.2) is 11.5 Å². The van der Waals surface area contributed by atoms with Gasteiger partial charge in [0.05, 0.1) is 6.04 Å². The van der Waals surface area contributed by atoms with Crippen molar-refractivity contribution < 1.29 is 4.79 Å². The van der Waals surface area contributed by atoms with E-state index in [0.29, 0.717) is 5.56 Å². The molecule has 7 heteroatoms. The van der Waals surface area contributed by atoms with Crippen LogP contribution >= 0.6 is 27.7 Å². The Morgan fingerprint density at radius 1 is 1.29 bits per heavy atom. The van der Waals surface area contributed by atoms with Crippen LogP contribution in [0.5, 0.6) is 0 Å². The van der Waals surface area contributed by atoms with Crippen molar-refractivity contribution in [3.63, 3.8) is 0 Å². The first-order chi connectivity index (χ1) is 11.7. The molecule has 0 unspecified atom stereocenters. The smallest absolute Gasteiger partial charge is 0.251 e. The third-order valence-corrected chi connectivity index (χ3v) is 4.79. The van der Waals surface area contributed by atoms with E-state index in [1.807, 2.05) is 47.0 Å². The Bertz CT molecular complexity index is 851. The van der Waals surface area contributed by atoms with Gasteiger partial charge in [-0.3, -0.25) is 9.20 Å². The van der Waals surface area contributed by atoms with Crippen LogP contribution in [0.2, 0.25) is 0 Å². The molecule has 5 nitrogen and oxygen atoms in total. The van der Waals surface area contributed by atoms with E-state index in [0.717, 1.165) is 28.1 Å². The Hall–Kier alpha value is -1.86. The molecule has 0 aliphatic heterocycles. The van der Waals surface area contributed by atoms with Crippen LogP contribution in [0, 0.1) is 0 Å². The summed E-state index contributed by atoms with van der Waals surface area (Å²) < 4.78 is 2.80. The molecule has 24 heavy (non-hydrogen) atoms. The lowest BCUT2D eigenvalue weighted by molar-refractivity contribution is 0.0933. The molecule has 0 aliphatic rings. The molecule has 2 heterocycles. The second-order valence-electron chi connectivity index (χ2n) is 5.30. The number of carbonyl (C=O) groups is 1. The number of rotatable bonds is 6. The van der Waals surface area contributed by atoms with Crippen LogP contribution < -0.4 is 5.32 Å². The average Bonchev–Trinajstić information content (AvgIpc) is 3.02. The van der Waals surface area contributed by atoms with Crippen LogP contribution in [-0.4, -0.2) is 32.5 Å². The van der Waals surface area contributed by atoms with Gasteiger partial charge in [0.25, 0.3) is 5.91 Å². The molecule has 0 bridgehead atoms. The van der Waals surface area contributed by atoms with Gasteiger partial charge < -0.3 is 5.32 Å². The summed E-state index contributed by atoms with van der Waals surface area (Å²) in [5.74, 6) is 1.56. The van der Waals surface area contributed by atoms with Gasteiger partial charge in [-0.1, -0.05) is 28.1 Å². The molecule has 1 aromatic carbocycles. The topological polar surface area (TPSA) is 59.3 Å². The summed E-state index contributed by atoms with van der Waals surface area (Å²) in [5, 5.41) is 11.6. The quantitative estimate of drug-likeness (QED) is 0.679. The second kappa shape index (κ2) is 7.81. The Morgan fingerprint density at radius 3 is 2.96 bits per heavy atom. The summed E-state index contributed by atoms with van der Waals surface area (Å²) in [6.07, 6.45) is 4.76. The average molecular weight is 405 g/mol. The minimum Gasteiger partial charge on any atom is -0.342 e. The molecule has 2 aromatic heterocycles. The molecule has 1 atom stereocenters. The maximum absolute atomic E-state index is 12.6. The number of aromatic nitrogens is 3. The monoisotopic (exact) mass is 404 g/mol. The van der Waals surface area contributed by atoms with Gasteiger partial charge in [0, 0.05) is 16.2 Å². The summed E-state index contributed by atoms with van der Waals surface area (Å²) in [6.45, 7) is 0. The van der Waals surface area contributed by atoms with E-state index in [9.17, 15) is 4.79 Å². The van der Waals surface area contributed by atoms with Crippen LogP contribution in [0.25, 0.3) is 5.65 Å². The van der Waals surface area contributed by atoms with Gasteiger partial charge in [0.2, 0.25) is 0 Å². The second-order valence-corrected chi connectivity index (χ2v) is 7.21. The van der Waals surface area contributed by atoms with E-state index in [4.69, 9.17) is 0 Å². The lowest BCUT2D eigenvalue weighted by atomic mass is 10.1. The first kappa shape index (κ1) is 17.0. The molecular weight excluding hydrogens is 388 g/mol. The summed E-state index contributed by atoms with van der Waals surface area (Å²) in [6, 6.07) is 12.9. The van der Waals surface area contributed by atoms with E-state index in [1.54, 1.807) is 17.8 Å². The Labute approximate surface area is 153 Å². The minimum absolute atomic E-state index is 0.116. The van der Waals surface area contributed by atoms with E-state index in [1.165, 1.54) is 0 Å². The molecule has 0 radical (unpaired) electrons. The van der Waals surface area contributed by atoms with Crippen molar-refractivity contribution in [1.29, 1.82) is 0 Å². The number of thioether (sulfide) groups is 1. The van der Waals surface area contributed by atoms with Gasteiger partial charge in [-0.25, -0.2) is 0 Å². The van der Waals surface area contributed by atoms with Crippen molar-refractivity contribution >= 4 is 39.2 Å². The number of carbonyl (C=O) groups excluding carboxylic acids is 1. The van der Waals surface area contributed by atoms with Crippen molar-refractivity contribution in [1.82, 2.24) is 19.9 Å². The molecule has 0 fully saturated rings. The van der Waals surface area contributed by atoms with Crippen molar-refractivity contribution in [3.05, 3.63) is 64.5 Å². The van der Waals surface area contributed by atoms with Gasteiger partial charge in [0.1, 0.15) is 0 Å². The van der Waals surface area contributed by atoms with E-state index >= 15 is 0 Å². The molecule has 0 saturated heterocycles. The summed E-state index contributed by atoms with van der Waals surface area (Å²) in [4.78, 5) is 12.6. The number of fused-ring (bicyclic) bond motifs is 1. The maximum Gasteiger partial charge on any atom is 0.251 e. The summed E-state index contributed by atoms with van der Waals surface area (Å²) in [7, 11) is 0. The lowest BCUT2D eigenvalue weighted by Crippen LogP contribution is -2.30. The minimum atomic E-state index is -0.193. The predicted octanol–water partition coefficient (Wildman–Crippen LogP) is 3.72. The molecule has 0 aliphatic carbocycles. The summed E-state index contributed by atoms with van der Waals surface area (Å²) in [5.41, 5.74) is 1.39. The van der Waals surface area contributed by atoms with Crippen molar-refractivity contribution in [2.75, 3.05) is 12.0 Å². The molecule has 0 saturated carbocycles. The van der Waals surface area contributed by atoms with Crippen LogP contribution in [-0.2, 0) is 0 Å². The van der Waals surface area contributed by atoms with Crippen LogP contribution in [0.3, 0.4) is 0 Å². The van der Waals surface area contributed by atoms with Crippen LogP contribution in [0.15, 0.2) is 53.1 Å². The first-order valence-corrected chi connectivity index (χ1v) is 9.73. The number of benzene rings is 1. The highest BCUT2D eigenvalue weighted by Gasteiger charge is 2.20. The zero-order valence-corrected chi connectivity index (χ0v) is 15.5. The number of halogens is 1. The van der Waals surface area contributed by atoms with E-state index in [-0.39, 0.29) is 11.9 Å². The van der Waals surface area contributed by atoms with E-state index in [2.05, 4.69) is 37.7 Å². The number of hydrogen-bond acceptors (Lipinski definition) is 4. The third-order valence-electron chi connectivity index (χ3n) is 3.65. The highest BCUT2D eigenvalue weighted by Crippen LogP contribution is 2.19. The Kier molecular flexibility index (Phi) is 5.52. The van der Waals surface area contributed by atoms with E-state index < -0.39 is 0 Å². The van der Waals surface area contributed by atoms with Gasteiger partial charge >= 0.3 is 0 Å². The fourth-order valence-corrected chi connectivity index (χ4v) is 3.34. The molecule has 3 rings (SSSR count). The van der Waals surface area contributed by atoms with Crippen molar-refractivity contribution in [3.8, 4) is 0 Å². The Morgan fingerprint density at radius 2 is 2.17 bits per heavy atom. The molecule has 3 aromatic rings. The fourth-order valence-electron chi connectivity index (χ4n) is 2.47. The molecule has 124 valence electrons. The Balaban J connectivity index is 1.88. The third kappa shape index (κ3) is 3.79. The zero-order valence-electron chi connectivity index (χ0n) is 13.1.